The van der Waals surface area contributed by atoms with Gasteiger partial charge >= 0.3 is 0 Å². The van der Waals surface area contributed by atoms with Crippen LogP contribution in [0.5, 0.6) is 0 Å². The Hall–Kier alpha value is -1.08. The summed E-state index contributed by atoms with van der Waals surface area (Å²) in [7, 11) is 0. The Morgan fingerprint density at radius 3 is 2.26 bits per heavy atom. The molecule has 0 rings (SSSR count). The number of amides is 1. The van der Waals surface area contributed by atoms with E-state index in [1.165, 1.54) is 0 Å². The van der Waals surface area contributed by atoms with Crippen LogP contribution in [0.3, 0.4) is 0 Å². The number of rotatable bonds is 14. The van der Waals surface area contributed by atoms with E-state index in [0.29, 0.717) is 25.7 Å². The number of carbonyl (C=O) groups excluding carboxylic acids is 3. The summed E-state index contributed by atoms with van der Waals surface area (Å²) in [6.07, 6.45) is 1.89. The van der Waals surface area contributed by atoms with Crippen LogP contribution in [-0.4, -0.2) is 61.7 Å². The molecule has 0 radical (unpaired) electrons. The summed E-state index contributed by atoms with van der Waals surface area (Å²) in [4.78, 5) is 33.6. The van der Waals surface area contributed by atoms with Crippen LogP contribution in [0.2, 0.25) is 0 Å². The summed E-state index contributed by atoms with van der Waals surface area (Å²) >= 11 is 4.07. The van der Waals surface area contributed by atoms with E-state index < -0.39 is 30.3 Å². The van der Waals surface area contributed by atoms with Crippen LogP contribution in [0.15, 0.2) is 0 Å². The first-order chi connectivity index (χ1) is 11.0. The van der Waals surface area contributed by atoms with Crippen molar-refractivity contribution in [3.63, 3.8) is 0 Å². The van der Waals surface area contributed by atoms with E-state index in [2.05, 4.69) is 34.1 Å². The highest BCUT2D eigenvalue weighted by Crippen LogP contribution is 1.94. The molecule has 0 heterocycles. The molecule has 0 bridgehead atoms. The standard InChI is InChI=1S/C12H27N7O3S/c13-4-9(6-21)17-11(22)10(7-23)19-18-8(5-20)2-1-3-16-12(14)15/h5-6,8-10,12,16,18-19,23H,1-4,7,13-15H2,(H,17,22)/t8-,9?,10?/m0/s1. The van der Waals surface area contributed by atoms with E-state index >= 15 is 0 Å². The molecule has 10 N–H and O–H groups in total. The Kier molecular flexibility index (Phi) is 12.7. The van der Waals surface area contributed by atoms with Crippen molar-refractivity contribution in [2.24, 2.45) is 17.2 Å². The SMILES string of the molecule is NCC(C=O)NC(=O)C(CS)NN[C@H](C=O)CCCNC(N)N. The molecule has 0 aromatic carbocycles. The molecule has 0 aromatic rings. The molecule has 0 aliphatic heterocycles. The van der Waals surface area contributed by atoms with Crippen molar-refractivity contribution in [2.45, 2.75) is 37.3 Å². The van der Waals surface area contributed by atoms with Gasteiger partial charge < -0.3 is 32.1 Å². The van der Waals surface area contributed by atoms with E-state index in [-0.39, 0.29) is 12.3 Å². The zero-order chi connectivity index (χ0) is 17.7. The van der Waals surface area contributed by atoms with Crippen molar-refractivity contribution in [3.05, 3.63) is 0 Å². The molecule has 0 aliphatic rings. The summed E-state index contributed by atoms with van der Waals surface area (Å²) in [5.41, 5.74) is 21.5. The van der Waals surface area contributed by atoms with Gasteiger partial charge in [0.15, 0.2) is 0 Å². The van der Waals surface area contributed by atoms with Crippen LogP contribution in [0, 0.1) is 0 Å². The van der Waals surface area contributed by atoms with Crippen molar-refractivity contribution in [3.8, 4) is 0 Å². The number of nitrogens with two attached hydrogens (primary N) is 3. The van der Waals surface area contributed by atoms with E-state index in [4.69, 9.17) is 17.2 Å². The highest BCUT2D eigenvalue weighted by Gasteiger charge is 2.20. The van der Waals surface area contributed by atoms with Crippen LogP contribution in [0.4, 0.5) is 0 Å². The second-order valence-electron chi connectivity index (χ2n) is 4.88. The van der Waals surface area contributed by atoms with Gasteiger partial charge in [0.1, 0.15) is 24.9 Å². The smallest absolute Gasteiger partial charge is 0.239 e. The molecule has 10 nitrogen and oxygen atoms in total. The van der Waals surface area contributed by atoms with Crippen molar-refractivity contribution < 1.29 is 14.4 Å². The Morgan fingerprint density at radius 2 is 1.78 bits per heavy atom. The van der Waals surface area contributed by atoms with Crippen molar-refractivity contribution in [1.29, 1.82) is 0 Å². The first-order valence-electron chi connectivity index (χ1n) is 7.26. The predicted octanol–water partition coefficient (Wildman–Crippen LogP) is -3.84. The highest BCUT2D eigenvalue weighted by molar-refractivity contribution is 7.80. The van der Waals surface area contributed by atoms with Crippen molar-refractivity contribution >= 4 is 31.1 Å². The van der Waals surface area contributed by atoms with Gasteiger partial charge in [0.25, 0.3) is 0 Å². The Bertz CT molecular complexity index is 360. The Balaban J connectivity index is 4.21. The summed E-state index contributed by atoms with van der Waals surface area (Å²) < 4.78 is 0. The van der Waals surface area contributed by atoms with Gasteiger partial charge in [0.2, 0.25) is 5.91 Å². The van der Waals surface area contributed by atoms with Crippen LogP contribution >= 0.6 is 12.6 Å². The van der Waals surface area contributed by atoms with Crippen LogP contribution in [-0.2, 0) is 14.4 Å². The first kappa shape index (κ1) is 21.9. The molecule has 3 atom stereocenters. The predicted molar refractivity (Wildman–Crippen MR) is 90.2 cm³/mol. The third-order valence-electron chi connectivity index (χ3n) is 2.92. The summed E-state index contributed by atoms with van der Waals surface area (Å²) in [5, 5.41) is 5.29. The first-order valence-corrected chi connectivity index (χ1v) is 7.89. The molecule has 0 fully saturated rings. The fourth-order valence-corrected chi connectivity index (χ4v) is 1.86. The minimum absolute atomic E-state index is 0.00913. The maximum absolute atomic E-state index is 11.9. The second-order valence-corrected chi connectivity index (χ2v) is 5.24. The molecule has 23 heavy (non-hydrogen) atoms. The number of aldehydes is 2. The normalized spacial score (nSPS) is 15.0. The number of hydrogen-bond donors (Lipinski definition) is 8. The van der Waals surface area contributed by atoms with Gasteiger partial charge in [-0.05, 0) is 19.4 Å². The minimum Gasteiger partial charge on any atom is -0.344 e. The zero-order valence-electron chi connectivity index (χ0n) is 12.9. The summed E-state index contributed by atoms with van der Waals surface area (Å²) in [5.74, 6) is -0.264. The molecular formula is C12H27N7O3S. The van der Waals surface area contributed by atoms with Gasteiger partial charge in [-0.25, -0.2) is 10.9 Å². The van der Waals surface area contributed by atoms with Crippen molar-refractivity contribution in [1.82, 2.24) is 21.5 Å². The van der Waals surface area contributed by atoms with Gasteiger partial charge in [-0.15, -0.1) is 0 Å². The van der Waals surface area contributed by atoms with Crippen LogP contribution in [0.25, 0.3) is 0 Å². The molecule has 11 heteroatoms. The molecule has 2 unspecified atom stereocenters. The van der Waals surface area contributed by atoms with Gasteiger partial charge in [-0.3, -0.25) is 10.1 Å². The van der Waals surface area contributed by atoms with Crippen LogP contribution < -0.4 is 38.7 Å². The second kappa shape index (κ2) is 13.4. The molecule has 0 saturated carbocycles. The number of nitrogens with one attached hydrogen (secondary N) is 4. The Morgan fingerprint density at radius 1 is 1.13 bits per heavy atom. The monoisotopic (exact) mass is 349 g/mol. The minimum atomic E-state index is -0.750. The quantitative estimate of drug-likeness (QED) is 0.0513. The molecule has 0 aliphatic carbocycles. The summed E-state index contributed by atoms with van der Waals surface area (Å²) in [6, 6.07) is -1.96. The van der Waals surface area contributed by atoms with Crippen molar-refractivity contribution in [2.75, 3.05) is 18.8 Å². The molecule has 0 spiro atoms. The highest BCUT2D eigenvalue weighted by atomic mass is 32.1. The zero-order valence-corrected chi connectivity index (χ0v) is 13.8. The largest absolute Gasteiger partial charge is 0.344 e. The lowest BCUT2D eigenvalue weighted by atomic mass is 10.2. The number of hydrogen-bond acceptors (Lipinski definition) is 10. The average Bonchev–Trinajstić information content (AvgIpc) is 2.54. The molecule has 0 aromatic heterocycles. The van der Waals surface area contributed by atoms with E-state index in [9.17, 15) is 14.4 Å². The lowest BCUT2D eigenvalue weighted by Gasteiger charge is -2.21. The third-order valence-corrected chi connectivity index (χ3v) is 3.29. The third kappa shape index (κ3) is 10.3. The lowest BCUT2D eigenvalue weighted by Crippen LogP contribution is -2.56. The molecule has 134 valence electrons. The summed E-state index contributed by atoms with van der Waals surface area (Å²) in [6.45, 7) is 0.576. The fraction of sp³-hybridized carbons (Fsp3) is 0.750. The van der Waals surface area contributed by atoms with E-state index in [0.717, 1.165) is 6.29 Å². The van der Waals surface area contributed by atoms with Gasteiger partial charge in [-0.1, -0.05) is 0 Å². The number of hydrazine groups is 1. The maximum atomic E-state index is 11.9. The average molecular weight is 349 g/mol. The topological polar surface area (TPSA) is 177 Å². The number of thiol groups is 1. The van der Waals surface area contributed by atoms with Crippen LogP contribution in [0.1, 0.15) is 12.8 Å². The molecular weight excluding hydrogens is 322 g/mol. The van der Waals surface area contributed by atoms with E-state index in [1.807, 2.05) is 0 Å². The maximum Gasteiger partial charge on any atom is 0.239 e. The van der Waals surface area contributed by atoms with Gasteiger partial charge in [0, 0.05) is 12.3 Å². The molecule has 1 amide bonds. The Labute approximate surface area is 141 Å². The van der Waals surface area contributed by atoms with Gasteiger partial charge in [0.05, 0.1) is 12.1 Å². The van der Waals surface area contributed by atoms with E-state index in [1.54, 1.807) is 0 Å². The van der Waals surface area contributed by atoms with Gasteiger partial charge in [-0.2, -0.15) is 12.6 Å². The fourth-order valence-electron chi connectivity index (χ4n) is 1.60. The molecule has 0 saturated heterocycles. The number of carbonyl (C=O) groups is 3. The lowest BCUT2D eigenvalue weighted by molar-refractivity contribution is -0.125.